The number of hydrogen-bond acceptors (Lipinski definition) is 0. The lowest BCUT2D eigenvalue weighted by Gasteiger charge is -2.60. The monoisotopic (exact) mass is 448 g/mol. The van der Waals surface area contributed by atoms with Crippen LogP contribution in [0.1, 0.15) is 84.5 Å². The minimum atomic E-state index is 0.741. The Bertz CT molecular complexity index is 369. The van der Waals surface area contributed by atoms with Crippen LogP contribution in [0.3, 0.4) is 0 Å². The van der Waals surface area contributed by atoms with Gasteiger partial charge in [0.15, 0.2) is 0 Å². The molecule has 0 radical (unpaired) electrons. The highest BCUT2D eigenvalue weighted by Gasteiger charge is 2.56. The molecule has 4 aliphatic rings. The van der Waals surface area contributed by atoms with Crippen molar-refractivity contribution >= 4 is 31.9 Å². The van der Waals surface area contributed by atoms with Crippen LogP contribution < -0.4 is 0 Å². The van der Waals surface area contributed by atoms with Crippen molar-refractivity contribution in [2.45, 2.75) is 84.5 Å². The molecule has 0 nitrogen and oxygen atoms in total. The van der Waals surface area contributed by atoms with E-state index in [-0.39, 0.29) is 0 Å². The van der Waals surface area contributed by atoms with Crippen LogP contribution >= 0.6 is 31.9 Å². The van der Waals surface area contributed by atoms with Gasteiger partial charge in [0.25, 0.3) is 0 Å². The van der Waals surface area contributed by atoms with E-state index in [0.717, 1.165) is 34.5 Å². The van der Waals surface area contributed by atoms with E-state index < -0.39 is 0 Å². The molecule has 136 valence electrons. The summed E-state index contributed by atoms with van der Waals surface area (Å²) in [6.07, 6.45) is 17.1. The molecule has 1 unspecified atom stereocenters. The van der Waals surface area contributed by atoms with Crippen molar-refractivity contribution in [2.24, 2.45) is 34.5 Å². The molecule has 6 atom stereocenters. The summed E-state index contributed by atoms with van der Waals surface area (Å²) in [7, 11) is 0. The van der Waals surface area contributed by atoms with Crippen molar-refractivity contribution in [3.8, 4) is 0 Å². The third-order valence-electron chi connectivity index (χ3n) is 8.36. The van der Waals surface area contributed by atoms with Gasteiger partial charge in [-0.15, -0.1) is 0 Å². The van der Waals surface area contributed by atoms with Crippen LogP contribution in [0.15, 0.2) is 0 Å². The van der Waals surface area contributed by atoms with Crippen molar-refractivity contribution in [3.63, 3.8) is 0 Å². The van der Waals surface area contributed by atoms with E-state index in [9.17, 15) is 0 Å². The van der Waals surface area contributed by atoms with Gasteiger partial charge in [0.1, 0.15) is 0 Å². The van der Waals surface area contributed by atoms with Gasteiger partial charge in [0.2, 0.25) is 0 Å². The van der Waals surface area contributed by atoms with Crippen LogP contribution in [0.5, 0.6) is 0 Å². The van der Waals surface area contributed by atoms with Gasteiger partial charge in [-0.05, 0) is 97.5 Å². The van der Waals surface area contributed by atoms with Crippen LogP contribution in [0, 0.1) is 34.5 Å². The molecule has 0 spiro atoms. The van der Waals surface area contributed by atoms with Crippen LogP contribution in [0.25, 0.3) is 0 Å². The van der Waals surface area contributed by atoms with E-state index in [4.69, 9.17) is 0 Å². The Kier molecular flexibility index (Phi) is 7.55. The maximum absolute atomic E-state index is 2.94. The predicted octanol–water partition coefficient (Wildman–Crippen LogP) is 7.83. The molecule has 0 heterocycles. The SMILES string of the molecule is CBr.CBr.C[C@@]12CCC[C@H]1[C@@H]1CCC3CCCC[C@]3(C)[C@H]1CC2. The molecule has 0 N–H and O–H groups in total. The number of hydrogen-bond donors (Lipinski definition) is 0. The molecule has 23 heavy (non-hydrogen) atoms. The van der Waals surface area contributed by atoms with Crippen molar-refractivity contribution < 1.29 is 0 Å². The Morgan fingerprint density at radius 3 is 2.13 bits per heavy atom. The van der Waals surface area contributed by atoms with Gasteiger partial charge in [-0.2, -0.15) is 0 Å². The Morgan fingerprint density at radius 2 is 1.39 bits per heavy atom. The predicted molar refractivity (Wildman–Crippen MR) is 111 cm³/mol. The third kappa shape index (κ3) is 3.60. The third-order valence-corrected chi connectivity index (χ3v) is 8.36. The summed E-state index contributed by atoms with van der Waals surface area (Å²) in [6.45, 7) is 5.33. The normalized spacial score (nSPS) is 47.7. The van der Waals surface area contributed by atoms with Gasteiger partial charge in [0, 0.05) is 0 Å². The van der Waals surface area contributed by atoms with Gasteiger partial charge >= 0.3 is 0 Å². The summed E-state index contributed by atoms with van der Waals surface area (Å²) in [4.78, 5) is 0. The zero-order chi connectivity index (χ0) is 17.1. The first-order valence-corrected chi connectivity index (χ1v) is 13.1. The highest BCUT2D eigenvalue weighted by Crippen LogP contribution is 2.66. The minimum absolute atomic E-state index is 0.741. The Balaban J connectivity index is 0.000000448. The van der Waals surface area contributed by atoms with Crippen LogP contribution in [0.4, 0.5) is 0 Å². The Hall–Kier alpha value is 0.960. The van der Waals surface area contributed by atoms with Crippen molar-refractivity contribution in [3.05, 3.63) is 0 Å². The van der Waals surface area contributed by atoms with E-state index in [2.05, 4.69) is 45.7 Å². The second-order valence-corrected chi connectivity index (χ2v) is 8.99. The van der Waals surface area contributed by atoms with E-state index in [0.29, 0.717) is 0 Å². The van der Waals surface area contributed by atoms with Crippen LogP contribution in [-0.4, -0.2) is 11.7 Å². The molecule has 0 aliphatic heterocycles. The number of halogens is 2. The molecular formula is C21H38Br2. The first-order valence-electron chi connectivity index (χ1n) is 9.89. The largest absolute Gasteiger partial charge is 0.0966 e. The number of rotatable bonds is 0. The van der Waals surface area contributed by atoms with Crippen molar-refractivity contribution in [1.82, 2.24) is 0 Å². The van der Waals surface area contributed by atoms with Gasteiger partial charge in [-0.25, -0.2) is 0 Å². The molecule has 0 amide bonds. The fraction of sp³-hybridized carbons (Fsp3) is 1.00. The zero-order valence-corrected chi connectivity index (χ0v) is 19.0. The highest BCUT2D eigenvalue weighted by molar-refractivity contribution is 9.09. The summed E-state index contributed by atoms with van der Waals surface area (Å²) in [5.74, 6) is 8.03. The van der Waals surface area contributed by atoms with Gasteiger partial charge in [0.05, 0.1) is 0 Å². The lowest BCUT2D eigenvalue weighted by Crippen LogP contribution is -2.51. The van der Waals surface area contributed by atoms with Crippen LogP contribution in [0.2, 0.25) is 0 Å². The van der Waals surface area contributed by atoms with Gasteiger partial charge in [-0.1, -0.05) is 65.0 Å². The van der Waals surface area contributed by atoms with Crippen molar-refractivity contribution in [2.75, 3.05) is 11.7 Å². The van der Waals surface area contributed by atoms with E-state index >= 15 is 0 Å². The molecule has 0 saturated heterocycles. The summed E-state index contributed by atoms with van der Waals surface area (Å²) in [5, 5.41) is 0. The van der Waals surface area contributed by atoms with Crippen LogP contribution in [-0.2, 0) is 0 Å². The lowest BCUT2D eigenvalue weighted by atomic mass is 9.45. The maximum atomic E-state index is 2.94. The van der Waals surface area contributed by atoms with Crippen molar-refractivity contribution in [1.29, 1.82) is 0 Å². The Labute approximate surface area is 162 Å². The molecule has 2 heteroatoms. The lowest BCUT2D eigenvalue weighted by molar-refractivity contribution is -0.103. The average Bonchev–Trinajstić information content (AvgIpc) is 3.00. The second kappa shape index (κ2) is 8.56. The quantitative estimate of drug-likeness (QED) is 0.330. The standard InChI is InChI=1S/C19H32.2CH3Br/c1-18-11-5-7-16(18)15-9-8-14-6-3-4-12-19(14,2)17(15)10-13-18;2*1-2/h14-17H,3-13H2,1-2H3;2*1H3/t14?,15-,16-,17-,18-,19-;;/m0../s1. The minimum Gasteiger partial charge on any atom is -0.0966 e. The topological polar surface area (TPSA) is 0 Å². The first kappa shape index (κ1) is 20.3. The molecule has 0 bridgehead atoms. The molecule has 0 aromatic carbocycles. The molecule has 4 aliphatic carbocycles. The Morgan fingerprint density at radius 1 is 0.652 bits per heavy atom. The first-order chi connectivity index (χ1) is 11.1. The smallest absolute Gasteiger partial charge is 0.00848 e. The number of alkyl halides is 2. The van der Waals surface area contributed by atoms with E-state index in [1.54, 1.807) is 51.4 Å². The highest BCUT2D eigenvalue weighted by atomic mass is 79.9. The molecule has 4 fully saturated rings. The number of fused-ring (bicyclic) bond motifs is 5. The summed E-state index contributed by atoms with van der Waals surface area (Å²) in [6, 6.07) is 0. The van der Waals surface area contributed by atoms with E-state index in [1.807, 2.05) is 11.7 Å². The maximum Gasteiger partial charge on any atom is -0.00848 e. The zero-order valence-electron chi connectivity index (χ0n) is 15.8. The fourth-order valence-electron chi connectivity index (χ4n) is 7.29. The second-order valence-electron chi connectivity index (χ2n) is 8.99. The van der Waals surface area contributed by atoms with Gasteiger partial charge < -0.3 is 0 Å². The summed E-state index contributed by atoms with van der Waals surface area (Å²) in [5.41, 5.74) is 1.49. The summed E-state index contributed by atoms with van der Waals surface area (Å²) < 4.78 is 0. The molecule has 4 rings (SSSR count). The summed E-state index contributed by atoms with van der Waals surface area (Å²) >= 11 is 5.88. The molecule has 0 aromatic heterocycles. The molecule has 0 aromatic rings. The average molecular weight is 450 g/mol. The van der Waals surface area contributed by atoms with E-state index in [1.165, 1.54) is 19.3 Å². The molecule has 4 saturated carbocycles. The van der Waals surface area contributed by atoms with Gasteiger partial charge in [-0.3, -0.25) is 0 Å². The fourth-order valence-corrected chi connectivity index (χ4v) is 7.29. The molecular weight excluding hydrogens is 412 g/mol.